The zero-order valence-corrected chi connectivity index (χ0v) is 12.2. The molecule has 0 aromatic heterocycles. The Morgan fingerprint density at radius 1 is 0.789 bits per heavy atom. The van der Waals surface area contributed by atoms with E-state index in [0.717, 1.165) is 0 Å². The first-order valence-corrected chi connectivity index (χ1v) is 6.50. The van der Waals surface area contributed by atoms with Crippen LogP contribution in [0.3, 0.4) is 0 Å². The summed E-state index contributed by atoms with van der Waals surface area (Å²) in [5, 5.41) is 11.9. The Labute approximate surface area is 128 Å². The molecule has 0 radical (unpaired) electrons. The molecule has 0 saturated heterocycles. The van der Waals surface area contributed by atoms with E-state index >= 15 is 0 Å². The third kappa shape index (κ3) is 2.95. The first kappa shape index (κ1) is 14.4. The second kappa shape index (κ2) is 5.55. The minimum atomic E-state index is -0.522. The van der Waals surface area contributed by atoms with Crippen molar-refractivity contribution >= 4 is 52.1 Å². The number of rotatable bonds is 2. The Hall–Kier alpha value is -1.000. The van der Waals surface area contributed by atoms with Crippen LogP contribution in [0.4, 0.5) is 5.69 Å². The number of hydrogen-bond donors (Lipinski definition) is 0. The largest absolute Gasteiger partial charge is 0.270 e. The van der Waals surface area contributed by atoms with Crippen molar-refractivity contribution in [3.8, 4) is 11.1 Å². The van der Waals surface area contributed by atoms with Crippen molar-refractivity contribution in [2.75, 3.05) is 0 Å². The smallest absolute Gasteiger partial charge is 0.258 e. The quantitative estimate of drug-likeness (QED) is 0.390. The lowest BCUT2D eigenvalue weighted by Gasteiger charge is -2.08. The highest BCUT2D eigenvalue weighted by molar-refractivity contribution is 6.44. The standard InChI is InChI=1S/C12H5Cl4NO2/c13-9-3-6(17(18)19)1-2-7(9)8-4-11(15)12(16)5-10(8)14/h1-5H. The highest BCUT2D eigenvalue weighted by atomic mass is 35.5. The van der Waals surface area contributed by atoms with Crippen molar-refractivity contribution < 1.29 is 4.92 Å². The third-order valence-electron chi connectivity index (χ3n) is 2.46. The topological polar surface area (TPSA) is 43.1 Å². The summed E-state index contributed by atoms with van der Waals surface area (Å²) < 4.78 is 0. The molecule has 7 heteroatoms. The summed E-state index contributed by atoms with van der Waals surface area (Å²) in [6.07, 6.45) is 0. The molecule has 2 aromatic rings. The average Bonchev–Trinajstić information content (AvgIpc) is 2.34. The summed E-state index contributed by atoms with van der Waals surface area (Å²) in [5.74, 6) is 0. The minimum Gasteiger partial charge on any atom is -0.258 e. The van der Waals surface area contributed by atoms with E-state index in [4.69, 9.17) is 46.4 Å². The van der Waals surface area contributed by atoms with E-state index in [-0.39, 0.29) is 10.7 Å². The van der Waals surface area contributed by atoms with Crippen LogP contribution in [0.2, 0.25) is 20.1 Å². The molecule has 0 aliphatic carbocycles. The lowest BCUT2D eigenvalue weighted by molar-refractivity contribution is -0.384. The second-order valence-corrected chi connectivity index (χ2v) is 5.30. The van der Waals surface area contributed by atoms with E-state index in [2.05, 4.69) is 0 Å². The Kier molecular flexibility index (Phi) is 4.21. The number of benzene rings is 2. The van der Waals surface area contributed by atoms with Crippen LogP contribution in [-0.4, -0.2) is 4.92 Å². The first-order chi connectivity index (χ1) is 8.90. The van der Waals surface area contributed by atoms with Gasteiger partial charge in [0.2, 0.25) is 0 Å². The maximum atomic E-state index is 10.6. The molecule has 0 atom stereocenters. The summed E-state index contributed by atoms with van der Waals surface area (Å²) >= 11 is 23.9. The summed E-state index contributed by atoms with van der Waals surface area (Å²) in [6, 6.07) is 7.19. The van der Waals surface area contributed by atoms with Crippen LogP contribution in [0, 0.1) is 10.1 Å². The van der Waals surface area contributed by atoms with Gasteiger partial charge < -0.3 is 0 Å². The molecule has 0 bridgehead atoms. The highest BCUT2D eigenvalue weighted by Crippen LogP contribution is 2.39. The molecule has 2 rings (SSSR count). The molecule has 3 nitrogen and oxygen atoms in total. The van der Waals surface area contributed by atoms with E-state index in [0.29, 0.717) is 26.2 Å². The molecular formula is C12H5Cl4NO2. The fraction of sp³-hybridized carbons (Fsp3) is 0. The van der Waals surface area contributed by atoms with Crippen LogP contribution >= 0.6 is 46.4 Å². The van der Waals surface area contributed by atoms with Gasteiger partial charge in [-0.2, -0.15) is 0 Å². The van der Waals surface area contributed by atoms with Crippen molar-refractivity contribution in [3.63, 3.8) is 0 Å². The molecule has 0 fully saturated rings. The SMILES string of the molecule is O=[N+]([O-])c1ccc(-c2cc(Cl)c(Cl)cc2Cl)c(Cl)c1. The molecule has 0 unspecified atom stereocenters. The fourth-order valence-electron chi connectivity index (χ4n) is 1.56. The van der Waals surface area contributed by atoms with Crippen LogP contribution in [0.1, 0.15) is 0 Å². The lowest BCUT2D eigenvalue weighted by atomic mass is 10.1. The van der Waals surface area contributed by atoms with Crippen LogP contribution in [-0.2, 0) is 0 Å². The number of nitrogens with zero attached hydrogens (tertiary/aromatic N) is 1. The van der Waals surface area contributed by atoms with Crippen molar-refractivity contribution in [1.29, 1.82) is 0 Å². The van der Waals surface area contributed by atoms with E-state index in [1.165, 1.54) is 24.3 Å². The summed E-state index contributed by atoms with van der Waals surface area (Å²) in [6.45, 7) is 0. The maximum absolute atomic E-state index is 10.6. The molecule has 0 heterocycles. The Bertz CT molecular complexity index is 673. The maximum Gasteiger partial charge on any atom is 0.270 e. The van der Waals surface area contributed by atoms with Gasteiger partial charge in [0.05, 0.1) is 25.0 Å². The number of hydrogen-bond acceptors (Lipinski definition) is 2. The van der Waals surface area contributed by atoms with Crippen molar-refractivity contribution in [1.82, 2.24) is 0 Å². The highest BCUT2D eigenvalue weighted by Gasteiger charge is 2.14. The second-order valence-electron chi connectivity index (χ2n) is 3.67. The summed E-state index contributed by atoms with van der Waals surface area (Å²) in [5.41, 5.74) is 1.02. The molecule has 0 N–H and O–H groups in total. The molecule has 19 heavy (non-hydrogen) atoms. The molecule has 0 aliphatic heterocycles. The van der Waals surface area contributed by atoms with Gasteiger partial charge in [-0.25, -0.2) is 0 Å². The fourth-order valence-corrected chi connectivity index (χ4v) is 2.49. The van der Waals surface area contributed by atoms with Crippen LogP contribution in [0.5, 0.6) is 0 Å². The zero-order chi connectivity index (χ0) is 14.2. The van der Waals surface area contributed by atoms with Crippen molar-refractivity contribution in [3.05, 3.63) is 60.5 Å². The lowest BCUT2D eigenvalue weighted by Crippen LogP contribution is -1.89. The van der Waals surface area contributed by atoms with Gasteiger partial charge in [-0.1, -0.05) is 46.4 Å². The molecule has 0 spiro atoms. The predicted octanol–water partition coefficient (Wildman–Crippen LogP) is 5.88. The van der Waals surface area contributed by atoms with E-state index < -0.39 is 4.92 Å². The normalized spacial score (nSPS) is 10.5. The van der Waals surface area contributed by atoms with Gasteiger partial charge in [-0.15, -0.1) is 0 Å². The van der Waals surface area contributed by atoms with Gasteiger partial charge in [-0.05, 0) is 18.2 Å². The number of halogens is 4. The van der Waals surface area contributed by atoms with Gasteiger partial charge in [0.25, 0.3) is 5.69 Å². The van der Waals surface area contributed by atoms with E-state index in [1.807, 2.05) is 0 Å². The zero-order valence-electron chi connectivity index (χ0n) is 9.16. The first-order valence-electron chi connectivity index (χ1n) is 4.99. The number of non-ortho nitro benzene ring substituents is 1. The number of nitro groups is 1. The molecular weight excluding hydrogens is 332 g/mol. The molecule has 0 saturated carbocycles. The third-order valence-corrected chi connectivity index (χ3v) is 3.81. The molecule has 0 aliphatic rings. The summed E-state index contributed by atoms with van der Waals surface area (Å²) in [4.78, 5) is 10.1. The molecule has 98 valence electrons. The van der Waals surface area contributed by atoms with Crippen LogP contribution in [0.25, 0.3) is 11.1 Å². The van der Waals surface area contributed by atoms with Crippen molar-refractivity contribution in [2.24, 2.45) is 0 Å². The predicted molar refractivity (Wildman–Crippen MR) is 78.6 cm³/mol. The van der Waals surface area contributed by atoms with Gasteiger partial charge in [0.15, 0.2) is 0 Å². The van der Waals surface area contributed by atoms with Crippen LogP contribution in [0.15, 0.2) is 30.3 Å². The Morgan fingerprint density at radius 2 is 1.37 bits per heavy atom. The Morgan fingerprint density at radius 3 is 1.95 bits per heavy atom. The van der Waals surface area contributed by atoms with Crippen molar-refractivity contribution in [2.45, 2.75) is 0 Å². The number of nitro benzene ring substituents is 1. The summed E-state index contributed by atoms with van der Waals surface area (Å²) in [7, 11) is 0. The average molecular weight is 337 g/mol. The van der Waals surface area contributed by atoms with E-state index in [1.54, 1.807) is 6.07 Å². The molecule has 0 amide bonds. The monoisotopic (exact) mass is 335 g/mol. The Balaban J connectivity index is 2.59. The van der Waals surface area contributed by atoms with Gasteiger partial charge in [0, 0.05) is 23.3 Å². The minimum absolute atomic E-state index is 0.0927. The van der Waals surface area contributed by atoms with Gasteiger partial charge in [-0.3, -0.25) is 10.1 Å². The molecule has 2 aromatic carbocycles. The van der Waals surface area contributed by atoms with Gasteiger partial charge >= 0.3 is 0 Å². The van der Waals surface area contributed by atoms with Gasteiger partial charge in [0.1, 0.15) is 0 Å². The van der Waals surface area contributed by atoms with E-state index in [9.17, 15) is 10.1 Å². The van der Waals surface area contributed by atoms with Crippen LogP contribution < -0.4 is 0 Å².